The van der Waals surface area contributed by atoms with Gasteiger partial charge in [-0.1, -0.05) is 285 Å². The van der Waals surface area contributed by atoms with Gasteiger partial charge in [0.2, 0.25) is 0 Å². The number of hydrogen-bond donors (Lipinski definition) is 1. The SMILES string of the molecule is C/C=C1\CC2C=CC1C2.C/C=C1\CC2CC1C1C3C=CC(C3)C21.CCCCCCCCC1CC2C=CC1C2.CCCCCCCCCCC1CC2C=CC1C2.COc1cc(CC2CC3C=CC2C3)ccc1O.COc1cc(CC2CC3C=CC2C3)ccc1OC(C)=O.C[Si](OCC1CC2C=CC1C2)(c1ccccc1)c1ccccc1. The van der Waals surface area contributed by atoms with Crippen LogP contribution in [0, 0.1) is 136 Å². The van der Waals surface area contributed by atoms with Gasteiger partial charge in [-0.3, -0.25) is 4.79 Å². The number of allylic oxidation sites excluding steroid dienone is 18. The van der Waals surface area contributed by atoms with Crippen molar-refractivity contribution in [2.24, 2.45) is 136 Å². The van der Waals surface area contributed by atoms with Gasteiger partial charge in [0.1, 0.15) is 0 Å². The molecule has 9 fully saturated rings. The van der Waals surface area contributed by atoms with Crippen LogP contribution in [-0.2, 0) is 22.1 Å². The van der Waals surface area contributed by atoms with Crippen LogP contribution < -0.4 is 24.6 Å². The summed E-state index contributed by atoms with van der Waals surface area (Å²) in [5.74, 6) is 22.5. The second-order valence-electron chi connectivity index (χ2n) is 38.9. The highest BCUT2D eigenvalue weighted by atomic mass is 28.4. The Morgan fingerprint density at radius 3 is 1.27 bits per heavy atom. The van der Waals surface area contributed by atoms with Crippen LogP contribution in [0.5, 0.6) is 23.0 Å². The molecule has 4 aromatic carbocycles. The molecule has 23 unspecified atom stereocenters. The third-order valence-corrected chi connectivity index (χ3v) is 35.0. The maximum absolute atomic E-state index is 11.0. The Morgan fingerprint density at radius 1 is 0.417 bits per heavy atom. The molecular formula is C108H148O6Si. The number of carbonyl (C=O) groups is 1. The topological polar surface area (TPSA) is 74.2 Å². The molecule has 0 amide bonds. The molecule has 115 heavy (non-hydrogen) atoms. The Balaban J connectivity index is 0.000000112. The summed E-state index contributed by atoms with van der Waals surface area (Å²) in [7, 11) is 1.08. The van der Waals surface area contributed by atoms with E-state index in [4.69, 9.17) is 18.6 Å². The number of esters is 1. The lowest BCUT2D eigenvalue weighted by atomic mass is 9.71. The van der Waals surface area contributed by atoms with E-state index in [9.17, 15) is 9.90 Å². The fourth-order valence-electron chi connectivity index (χ4n) is 25.3. The Hall–Kier alpha value is -6.41. The highest BCUT2D eigenvalue weighted by Crippen LogP contribution is 2.67. The Bertz CT molecular complexity index is 3980. The lowest BCUT2D eigenvalue weighted by Crippen LogP contribution is -2.58. The molecule has 0 saturated heterocycles. The normalized spacial score (nSPS) is 33.7. The summed E-state index contributed by atoms with van der Waals surface area (Å²) in [5.41, 5.74) is 5.99. The summed E-state index contributed by atoms with van der Waals surface area (Å²) in [6, 6.07) is 33.2. The van der Waals surface area contributed by atoms with Gasteiger partial charge in [-0.25, -0.2) is 0 Å². The smallest absolute Gasteiger partial charge is 0.308 e. The second kappa shape index (κ2) is 41.5. The molecule has 620 valence electrons. The zero-order valence-corrected chi connectivity index (χ0v) is 73.3. The number of benzene rings is 4. The molecule has 16 bridgehead atoms. The maximum atomic E-state index is 11.0. The average Bonchev–Trinajstić information content (AvgIpc) is 1.55. The largest absolute Gasteiger partial charge is 0.504 e. The number of phenols is 1. The highest BCUT2D eigenvalue weighted by Gasteiger charge is 2.59. The first-order chi connectivity index (χ1) is 56.2. The van der Waals surface area contributed by atoms with E-state index in [1.807, 2.05) is 30.3 Å². The van der Waals surface area contributed by atoms with Crippen LogP contribution in [0.2, 0.25) is 6.55 Å². The van der Waals surface area contributed by atoms with Crippen molar-refractivity contribution in [1.82, 2.24) is 0 Å². The van der Waals surface area contributed by atoms with Crippen molar-refractivity contribution in [3.63, 3.8) is 0 Å². The molecule has 23 atom stereocenters. The number of carbonyl (C=O) groups excluding carboxylic acids is 1. The second-order valence-corrected chi connectivity index (χ2v) is 42.4. The van der Waals surface area contributed by atoms with E-state index in [2.05, 4.69) is 192 Å². The average molecular weight is 1570 g/mol. The number of fused-ring (bicyclic) bond motifs is 21. The number of rotatable bonds is 28. The van der Waals surface area contributed by atoms with E-state index in [0.717, 1.165) is 150 Å². The Labute approximate surface area is 698 Å². The van der Waals surface area contributed by atoms with Crippen molar-refractivity contribution in [3.8, 4) is 23.0 Å². The van der Waals surface area contributed by atoms with Gasteiger partial charge in [0, 0.05) is 13.5 Å². The van der Waals surface area contributed by atoms with Gasteiger partial charge in [-0.15, -0.1) is 0 Å². The molecule has 16 aliphatic carbocycles. The van der Waals surface area contributed by atoms with Gasteiger partial charge >= 0.3 is 5.97 Å². The maximum Gasteiger partial charge on any atom is 0.308 e. The monoisotopic (exact) mass is 1570 g/mol. The van der Waals surface area contributed by atoms with Crippen molar-refractivity contribution in [2.75, 3.05) is 20.8 Å². The molecular weight excluding hydrogens is 1420 g/mol. The van der Waals surface area contributed by atoms with Crippen LogP contribution in [0.1, 0.15) is 245 Å². The summed E-state index contributed by atoms with van der Waals surface area (Å²) in [6.07, 6.45) is 85.6. The molecule has 6 nitrogen and oxygen atoms in total. The first-order valence-corrected chi connectivity index (χ1v) is 49.7. The number of ether oxygens (including phenoxy) is 3. The van der Waals surface area contributed by atoms with E-state index in [1.54, 1.807) is 31.4 Å². The summed E-state index contributed by atoms with van der Waals surface area (Å²) in [6.45, 7) is 13.6. The molecule has 0 radical (unpaired) electrons. The molecule has 7 heteroatoms. The highest BCUT2D eigenvalue weighted by molar-refractivity contribution is 6.96. The van der Waals surface area contributed by atoms with Crippen LogP contribution in [0.4, 0.5) is 0 Å². The van der Waals surface area contributed by atoms with E-state index >= 15 is 0 Å². The standard InChI is InChI=1S/C21H24OSi.C17H20O3.C17H30.C15H18O2.C15H26.C14H18.C9H12/c1-23(20-8-4-2-5-9-20,21-10-6-3-7-11-21)22-16-19-15-17-12-13-18(19)14-17;1-11(18)20-16-6-4-13(10-17(16)19-2)9-15-8-12-3-5-14(15)7-12;1-2-3-4-5-6-7-8-9-10-16-13-15-11-12-17(16)14-15;1-17-15-9-11(3-5-14(15)16)8-13-7-10-2-4-12(13)6-10;1-2-3-4-5-6-7-8-14-11-13-9-10-15(14)12-13;1-2-8-5-11-7-12(8)14-10-4-3-9(6-10)13(11)14;1-2-8-5-7-3-4-9(8)6-7/h2-13,17-19H,14-16H2,1H3;3-6,10,12,14-15H,7-9H2,1-2H3;11-12,15-17H,2-10,13-14H2,1H3;2-5,9-10,12-13,16H,6-8H2,1H3;9-10,13-15H,2-8,11-12H2,1H3;2-4,9-14H,5-7H2,1H3;2-4,7,9H,5-6H2,1H3/b;;;;;2*8-2+. The number of hydrogen-bond acceptors (Lipinski definition) is 6. The van der Waals surface area contributed by atoms with Crippen molar-refractivity contribution in [1.29, 1.82) is 0 Å². The molecule has 0 heterocycles. The van der Waals surface area contributed by atoms with Gasteiger partial charge in [-0.2, -0.15) is 0 Å². The van der Waals surface area contributed by atoms with Crippen LogP contribution in [0.25, 0.3) is 0 Å². The Kier molecular flexibility index (Phi) is 30.7. The fourth-order valence-corrected chi connectivity index (χ4v) is 28.2. The number of methoxy groups -OCH3 is 2. The quantitative estimate of drug-likeness (QED) is 0.0153. The number of aromatic hydroxyl groups is 1. The molecule has 1 N–H and O–H groups in total. The predicted molar refractivity (Wildman–Crippen MR) is 482 cm³/mol. The van der Waals surface area contributed by atoms with Gasteiger partial charge < -0.3 is 23.7 Å². The minimum absolute atomic E-state index is 0.226. The van der Waals surface area contributed by atoms with Crippen LogP contribution in [-0.4, -0.2) is 40.2 Å². The van der Waals surface area contributed by atoms with Gasteiger partial charge in [0.05, 0.1) is 14.2 Å². The first kappa shape index (κ1) is 85.0. The molecule has 9 saturated carbocycles. The van der Waals surface area contributed by atoms with Crippen molar-refractivity contribution < 1.29 is 28.5 Å². The molecule has 20 rings (SSSR count). The van der Waals surface area contributed by atoms with Gasteiger partial charge in [-0.05, 0) is 324 Å². The van der Waals surface area contributed by atoms with Gasteiger partial charge in [0.25, 0.3) is 8.32 Å². The summed E-state index contributed by atoms with van der Waals surface area (Å²) < 4.78 is 22.3. The first-order valence-electron chi connectivity index (χ1n) is 47.3. The minimum atomic E-state index is -2.12. The number of unbranched alkanes of at least 4 members (excludes halogenated alkanes) is 12. The van der Waals surface area contributed by atoms with Crippen molar-refractivity contribution in [2.45, 2.75) is 253 Å². The fraction of sp³-hybridized carbons (Fsp3) is 0.602. The molecule has 0 aliphatic heterocycles. The molecule has 4 aromatic rings. The zero-order valence-electron chi connectivity index (χ0n) is 72.3. The predicted octanol–water partition coefficient (Wildman–Crippen LogP) is 26.8. The van der Waals surface area contributed by atoms with Crippen molar-refractivity contribution >= 4 is 24.7 Å². The third kappa shape index (κ3) is 21.8. The van der Waals surface area contributed by atoms with Crippen LogP contribution >= 0.6 is 0 Å². The molecule has 0 aromatic heterocycles. The van der Waals surface area contributed by atoms with Crippen molar-refractivity contribution in [3.05, 3.63) is 217 Å². The van der Waals surface area contributed by atoms with E-state index < -0.39 is 8.32 Å². The van der Waals surface area contributed by atoms with Crippen LogP contribution in [0.3, 0.4) is 0 Å². The zero-order chi connectivity index (χ0) is 79.6. The lowest BCUT2D eigenvalue weighted by molar-refractivity contribution is -0.132. The van der Waals surface area contributed by atoms with Gasteiger partial charge in [0.15, 0.2) is 23.0 Å². The number of phenolic OH excluding ortho intramolecular Hbond substituents is 1. The minimum Gasteiger partial charge on any atom is -0.504 e. The third-order valence-electron chi connectivity index (χ3n) is 31.4. The lowest BCUT2D eigenvalue weighted by Gasteiger charge is -2.33. The van der Waals surface area contributed by atoms with E-state index in [0.29, 0.717) is 23.2 Å². The molecule has 0 spiro atoms. The summed E-state index contributed by atoms with van der Waals surface area (Å²) in [4.78, 5) is 11.0. The summed E-state index contributed by atoms with van der Waals surface area (Å²) >= 11 is 0. The molecule has 16 aliphatic rings. The van der Waals surface area contributed by atoms with E-state index in [1.165, 1.54) is 227 Å². The summed E-state index contributed by atoms with van der Waals surface area (Å²) in [5, 5.41) is 12.3. The van der Waals surface area contributed by atoms with E-state index in [-0.39, 0.29) is 11.7 Å². The van der Waals surface area contributed by atoms with Crippen LogP contribution in [0.15, 0.2) is 205 Å². The Morgan fingerprint density at radius 2 is 0.852 bits per heavy atom.